The number of likely N-dealkylation sites (tertiary alicyclic amines) is 1. The zero-order valence-electron chi connectivity index (χ0n) is 20.8. The lowest BCUT2D eigenvalue weighted by molar-refractivity contribution is -0.134. The Balaban J connectivity index is 1.34. The Morgan fingerprint density at radius 1 is 1.09 bits per heavy atom. The van der Waals surface area contributed by atoms with Gasteiger partial charge in [0.1, 0.15) is 11.8 Å². The van der Waals surface area contributed by atoms with Crippen molar-refractivity contribution in [3.8, 4) is 5.75 Å². The number of hydrogen-bond acceptors (Lipinski definition) is 4. The summed E-state index contributed by atoms with van der Waals surface area (Å²) in [6, 6.07) is 6.74. The molecule has 3 amide bonds. The van der Waals surface area contributed by atoms with E-state index in [4.69, 9.17) is 4.74 Å². The predicted octanol–water partition coefficient (Wildman–Crippen LogP) is 3.69. The lowest BCUT2D eigenvalue weighted by atomic mass is 9.76. The Bertz CT molecular complexity index is 917. The first kappa shape index (κ1) is 25.1. The van der Waals surface area contributed by atoms with Crippen molar-refractivity contribution in [2.24, 2.45) is 11.8 Å². The first-order chi connectivity index (χ1) is 17.1. The number of hydrogen-bond donors (Lipinski definition) is 3. The number of aromatic nitrogens is 2. The minimum atomic E-state index is -0.609. The number of methoxy groups -OCH3 is 1. The van der Waals surface area contributed by atoms with Crippen molar-refractivity contribution in [3.63, 3.8) is 0 Å². The third kappa shape index (κ3) is 7.23. The van der Waals surface area contributed by atoms with Crippen LogP contribution < -0.4 is 15.4 Å². The highest BCUT2D eigenvalue weighted by molar-refractivity contribution is 5.87. The van der Waals surface area contributed by atoms with E-state index in [2.05, 4.69) is 20.6 Å². The molecule has 1 saturated heterocycles. The number of piperidine rings is 1. The molecule has 1 aromatic heterocycles. The third-order valence-corrected chi connectivity index (χ3v) is 7.60. The van der Waals surface area contributed by atoms with Crippen molar-refractivity contribution in [3.05, 3.63) is 48.0 Å². The van der Waals surface area contributed by atoms with Crippen LogP contribution in [0.4, 0.5) is 4.79 Å². The quantitative estimate of drug-likeness (QED) is 0.509. The second-order valence-corrected chi connectivity index (χ2v) is 9.89. The fourth-order valence-electron chi connectivity index (χ4n) is 5.56. The van der Waals surface area contributed by atoms with Gasteiger partial charge in [-0.2, -0.15) is 0 Å². The van der Waals surface area contributed by atoms with Crippen LogP contribution in [0, 0.1) is 11.8 Å². The maximum absolute atomic E-state index is 13.6. The van der Waals surface area contributed by atoms with Gasteiger partial charge in [0.15, 0.2) is 0 Å². The molecule has 2 aromatic rings. The van der Waals surface area contributed by atoms with Crippen LogP contribution >= 0.6 is 0 Å². The molecule has 4 rings (SSSR count). The summed E-state index contributed by atoms with van der Waals surface area (Å²) in [5.41, 5.74) is 1.94. The van der Waals surface area contributed by atoms with Crippen molar-refractivity contribution < 1.29 is 14.3 Å². The molecular weight excluding hydrogens is 442 g/mol. The van der Waals surface area contributed by atoms with E-state index in [-0.39, 0.29) is 11.9 Å². The standard InChI is InChI=1S/C27H39N5O3/c1-35-24-9-7-20(8-10-24)17-25(31-27(34)29-14-11-23-18-28-19-30-23)26(33)32-15-12-22(13-16-32)21-5-3-2-4-6-21/h7-10,18-19,21-22,25H,2-6,11-17H2,1H3,(H,28,30)(H2,29,31,34). The van der Waals surface area contributed by atoms with Gasteiger partial charge in [-0.1, -0.05) is 44.2 Å². The Labute approximate surface area is 208 Å². The number of carbonyl (C=O) groups excluding carboxylic acids is 2. The largest absolute Gasteiger partial charge is 0.497 e. The number of H-pyrrole nitrogens is 1. The van der Waals surface area contributed by atoms with Crippen LogP contribution in [0.25, 0.3) is 0 Å². The minimum absolute atomic E-state index is 0.00614. The smallest absolute Gasteiger partial charge is 0.315 e. The second kappa shape index (κ2) is 12.6. The van der Waals surface area contributed by atoms with Crippen molar-refractivity contribution in [1.82, 2.24) is 25.5 Å². The average molecular weight is 482 g/mol. The van der Waals surface area contributed by atoms with E-state index in [0.717, 1.165) is 54.8 Å². The van der Waals surface area contributed by atoms with E-state index in [1.165, 1.54) is 32.1 Å². The maximum Gasteiger partial charge on any atom is 0.315 e. The lowest BCUT2D eigenvalue weighted by Crippen LogP contribution is -2.54. The third-order valence-electron chi connectivity index (χ3n) is 7.60. The zero-order valence-corrected chi connectivity index (χ0v) is 20.8. The highest BCUT2D eigenvalue weighted by Gasteiger charge is 2.32. The van der Waals surface area contributed by atoms with Crippen LogP contribution in [0.3, 0.4) is 0 Å². The van der Waals surface area contributed by atoms with Crippen LogP contribution in [0.15, 0.2) is 36.8 Å². The molecule has 2 fully saturated rings. The van der Waals surface area contributed by atoms with Crippen LogP contribution in [-0.2, 0) is 17.6 Å². The van der Waals surface area contributed by atoms with E-state index >= 15 is 0 Å². The number of urea groups is 1. The van der Waals surface area contributed by atoms with Gasteiger partial charge in [-0.05, 0) is 42.4 Å². The number of ether oxygens (including phenoxy) is 1. The van der Waals surface area contributed by atoms with E-state index in [0.29, 0.717) is 19.4 Å². The Morgan fingerprint density at radius 2 is 1.80 bits per heavy atom. The SMILES string of the molecule is COc1ccc(CC(NC(=O)NCCc2cnc[nH]2)C(=O)N2CCC(C3CCCCC3)CC2)cc1. The number of benzene rings is 1. The fourth-order valence-corrected chi connectivity index (χ4v) is 5.56. The molecule has 1 aliphatic carbocycles. The molecular formula is C27H39N5O3. The maximum atomic E-state index is 13.6. The van der Waals surface area contributed by atoms with E-state index in [9.17, 15) is 9.59 Å². The molecule has 0 radical (unpaired) electrons. The molecule has 3 N–H and O–H groups in total. The topological polar surface area (TPSA) is 99.3 Å². The second-order valence-electron chi connectivity index (χ2n) is 9.89. The van der Waals surface area contributed by atoms with Crippen molar-refractivity contribution >= 4 is 11.9 Å². The number of amides is 3. The minimum Gasteiger partial charge on any atom is -0.497 e. The molecule has 0 spiro atoms. The number of nitrogens with zero attached hydrogens (tertiary/aromatic N) is 2. The van der Waals surface area contributed by atoms with Gasteiger partial charge in [0.05, 0.1) is 13.4 Å². The lowest BCUT2D eigenvalue weighted by Gasteiger charge is -2.38. The monoisotopic (exact) mass is 481 g/mol. The van der Waals surface area contributed by atoms with E-state index in [1.54, 1.807) is 19.6 Å². The average Bonchev–Trinajstić information content (AvgIpc) is 3.42. The van der Waals surface area contributed by atoms with Crippen LogP contribution in [0.2, 0.25) is 0 Å². The molecule has 1 saturated carbocycles. The molecule has 8 nitrogen and oxygen atoms in total. The summed E-state index contributed by atoms with van der Waals surface area (Å²) >= 11 is 0. The summed E-state index contributed by atoms with van der Waals surface area (Å²) in [5.74, 6) is 2.34. The Kier molecular flexibility index (Phi) is 9.03. The molecule has 1 unspecified atom stereocenters. The number of rotatable bonds is 9. The number of aromatic amines is 1. The molecule has 1 atom stereocenters. The van der Waals surface area contributed by atoms with Gasteiger partial charge in [-0.3, -0.25) is 4.79 Å². The van der Waals surface area contributed by atoms with E-state index < -0.39 is 6.04 Å². The van der Waals surface area contributed by atoms with Gasteiger partial charge in [-0.15, -0.1) is 0 Å². The van der Waals surface area contributed by atoms with Gasteiger partial charge in [0.2, 0.25) is 5.91 Å². The molecule has 1 aromatic carbocycles. The summed E-state index contributed by atoms with van der Waals surface area (Å²) in [6.07, 6.45) is 13.4. The molecule has 2 aliphatic rings. The number of nitrogens with one attached hydrogen (secondary N) is 3. The van der Waals surface area contributed by atoms with Gasteiger partial charge in [0, 0.05) is 44.4 Å². The number of imidazole rings is 1. The summed E-state index contributed by atoms with van der Waals surface area (Å²) in [5, 5.41) is 5.82. The van der Waals surface area contributed by atoms with E-state index in [1.807, 2.05) is 29.2 Å². The molecule has 8 heteroatoms. The van der Waals surface area contributed by atoms with Crippen molar-refractivity contribution in [1.29, 1.82) is 0 Å². The molecule has 190 valence electrons. The molecule has 2 heterocycles. The van der Waals surface area contributed by atoms with Gasteiger partial charge in [0.25, 0.3) is 0 Å². The summed E-state index contributed by atoms with van der Waals surface area (Å²) in [6.45, 7) is 2.02. The summed E-state index contributed by atoms with van der Waals surface area (Å²) in [7, 11) is 1.63. The van der Waals surface area contributed by atoms with Gasteiger partial charge < -0.3 is 25.3 Å². The molecule has 1 aliphatic heterocycles. The van der Waals surface area contributed by atoms with Gasteiger partial charge >= 0.3 is 6.03 Å². The first-order valence-electron chi connectivity index (χ1n) is 13.1. The first-order valence-corrected chi connectivity index (χ1v) is 13.1. The van der Waals surface area contributed by atoms with Crippen LogP contribution in [0.5, 0.6) is 5.75 Å². The predicted molar refractivity (Wildman–Crippen MR) is 135 cm³/mol. The Hall–Kier alpha value is -3.03. The molecule has 35 heavy (non-hydrogen) atoms. The highest BCUT2D eigenvalue weighted by atomic mass is 16.5. The van der Waals surface area contributed by atoms with Crippen molar-refractivity contribution in [2.75, 3.05) is 26.7 Å². The highest BCUT2D eigenvalue weighted by Crippen LogP contribution is 2.35. The summed E-state index contributed by atoms with van der Waals surface area (Å²) in [4.78, 5) is 35.2. The van der Waals surface area contributed by atoms with Gasteiger partial charge in [-0.25, -0.2) is 9.78 Å². The number of carbonyl (C=O) groups is 2. The fraction of sp³-hybridized carbons (Fsp3) is 0.593. The van der Waals surface area contributed by atoms with Crippen LogP contribution in [0.1, 0.15) is 56.2 Å². The molecule has 0 bridgehead atoms. The van der Waals surface area contributed by atoms with Crippen molar-refractivity contribution in [2.45, 2.75) is 63.8 Å². The normalized spacial score (nSPS) is 18.1. The zero-order chi connectivity index (χ0) is 24.5. The summed E-state index contributed by atoms with van der Waals surface area (Å²) < 4.78 is 5.25. The van der Waals surface area contributed by atoms with Crippen LogP contribution in [-0.4, -0.2) is 59.6 Å². The Morgan fingerprint density at radius 3 is 2.46 bits per heavy atom.